The van der Waals surface area contributed by atoms with Crippen molar-refractivity contribution in [3.8, 4) is 44.9 Å². The predicted molar refractivity (Wildman–Crippen MR) is 165 cm³/mol. The molecule has 3 heteroatoms. The van der Waals surface area contributed by atoms with E-state index in [4.69, 9.17) is 9.97 Å². The number of hydrogen-bond acceptors (Lipinski definition) is 3. The maximum absolute atomic E-state index is 5.26. The van der Waals surface area contributed by atoms with Gasteiger partial charge in [0.05, 0.1) is 11.2 Å². The minimum atomic E-state index is 0.773. The van der Waals surface area contributed by atoms with E-state index in [-0.39, 0.29) is 0 Å². The Labute approximate surface area is 228 Å². The molecular formula is C36H20N2S. The van der Waals surface area contributed by atoms with E-state index < -0.39 is 0 Å². The zero-order valence-corrected chi connectivity index (χ0v) is 21.7. The Morgan fingerprint density at radius 1 is 0.487 bits per heavy atom. The second-order valence-corrected chi connectivity index (χ2v) is 11.2. The van der Waals surface area contributed by atoms with Gasteiger partial charge in [-0.3, -0.25) is 0 Å². The van der Waals surface area contributed by atoms with Crippen LogP contribution in [0.5, 0.6) is 0 Å². The molecule has 0 amide bonds. The first-order valence-corrected chi connectivity index (χ1v) is 14.0. The first kappa shape index (κ1) is 21.1. The van der Waals surface area contributed by atoms with Crippen LogP contribution in [0.15, 0.2) is 121 Å². The van der Waals surface area contributed by atoms with E-state index in [2.05, 4.69) is 115 Å². The highest BCUT2D eigenvalue weighted by Gasteiger charge is 2.25. The Balaban J connectivity index is 1.47. The summed E-state index contributed by atoms with van der Waals surface area (Å²) in [5.41, 5.74) is 9.30. The van der Waals surface area contributed by atoms with Gasteiger partial charge in [0.1, 0.15) is 0 Å². The Bertz CT molecular complexity index is 2260. The quantitative estimate of drug-likeness (QED) is 0.230. The normalized spacial score (nSPS) is 12.1. The van der Waals surface area contributed by atoms with Crippen LogP contribution >= 0.6 is 11.3 Å². The van der Waals surface area contributed by atoms with Crippen molar-refractivity contribution in [3.63, 3.8) is 0 Å². The third-order valence-electron chi connectivity index (χ3n) is 8.01. The number of fused-ring (bicyclic) bond motifs is 4. The molecule has 0 saturated heterocycles. The fraction of sp³-hybridized carbons (Fsp3) is 0. The predicted octanol–water partition coefficient (Wildman–Crippen LogP) is 10.1. The maximum Gasteiger partial charge on any atom is 0.161 e. The fourth-order valence-electron chi connectivity index (χ4n) is 6.35. The molecule has 6 aromatic carbocycles. The van der Waals surface area contributed by atoms with E-state index >= 15 is 0 Å². The molecule has 39 heavy (non-hydrogen) atoms. The molecule has 0 radical (unpaired) electrons. The van der Waals surface area contributed by atoms with Crippen molar-refractivity contribution in [2.45, 2.75) is 0 Å². The van der Waals surface area contributed by atoms with Gasteiger partial charge in [-0.25, -0.2) is 9.97 Å². The van der Waals surface area contributed by atoms with Crippen molar-refractivity contribution in [2.75, 3.05) is 0 Å². The molecule has 2 aromatic heterocycles. The van der Waals surface area contributed by atoms with Crippen LogP contribution in [0.25, 0.3) is 86.7 Å². The molecule has 0 bridgehead atoms. The van der Waals surface area contributed by atoms with E-state index in [1.165, 1.54) is 53.2 Å². The van der Waals surface area contributed by atoms with Crippen molar-refractivity contribution in [1.29, 1.82) is 0 Å². The van der Waals surface area contributed by atoms with E-state index in [9.17, 15) is 0 Å². The van der Waals surface area contributed by atoms with Crippen LogP contribution in [0.1, 0.15) is 0 Å². The number of nitrogens with zero attached hydrogens (tertiary/aromatic N) is 2. The molecule has 1 aliphatic carbocycles. The van der Waals surface area contributed by atoms with Crippen molar-refractivity contribution in [1.82, 2.24) is 9.97 Å². The summed E-state index contributed by atoms with van der Waals surface area (Å²) in [5, 5.41) is 6.27. The molecule has 0 N–H and O–H groups in total. The number of benzene rings is 6. The first-order valence-electron chi connectivity index (χ1n) is 13.2. The van der Waals surface area contributed by atoms with E-state index in [1.54, 1.807) is 0 Å². The van der Waals surface area contributed by atoms with Crippen molar-refractivity contribution in [2.24, 2.45) is 0 Å². The van der Waals surface area contributed by atoms with E-state index in [0.717, 1.165) is 33.5 Å². The summed E-state index contributed by atoms with van der Waals surface area (Å²) in [7, 11) is 0. The summed E-state index contributed by atoms with van der Waals surface area (Å²) < 4.78 is 2.55. The molecule has 2 nitrogen and oxygen atoms in total. The lowest BCUT2D eigenvalue weighted by Crippen LogP contribution is -1.95. The van der Waals surface area contributed by atoms with Gasteiger partial charge in [-0.15, -0.1) is 11.3 Å². The zero-order chi connectivity index (χ0) is 25.5. The first-order chi connectivity index (χ1) is 19.3. The highest BCUT2D eigenvalue weighted by Crippen LogP contribution is 2.52. The Hall–Kier alpha value is -4.86. The SMILES string of the molecule is c1ccc(-c2nc(-c3cc4cccc5c4c4c3sc3cccc(c34)-c3ccccc3-5)nc3ccccc23)cc1. The minimum Gasteiger partial charge on any atom is -0.228 e. The molecule has 9 rings (SSSR count). The summed E-state index contributed by atoms with van der Waals surface area (Å²) in [5.74, 6) is 0.773. The summed E-state index contributed by atoms with van der Waals surface area (Å²) in [6.45, 7) is 0. The molecule has 0 aliphatic heterocycles. The van der Waals surface area contributed by atoms with Gasteiger partial charge in [0, 0.05) is 36.7 Å². The number of rotatable bonds is 2. The minimum absolute atomic E-state index is 0.773. The van der Waals surface area contributed by atoms with Crippen molar-refractivity contribution in [3.05, 3.63) is 121 Å². The average Bonchev–Trinajstić information content (AvgIpc) is 3.34. The van der Waals surface area contributed by atoms with Gasteiger partial charge in [0.15, 0.2) is 5.82 Å². The zero-order valence-electron chi connectivity index (χ0n) is 20.8. The summed E-state index contributed by atoms with van der Waals surface area (Å²) >= 11 is 1.86. The van der Waals surface area contributed by atoms with Crippen LogP contribution < -0.4 is 0 Å². The lowest BCUT2D eigenvalue weighted by atomic mass is 9.93. The van der Waals surface area contributed by atoms with Crippen LogP contribution in [0.3, 0.4) is 0 Å². The van der Waals surface area contributed by atoms with Crippen LogP contribution in [-0.2, 0) is 0 Å². The summed E-state index contributed by atoms with van der Waals surface area (Å²) in [4.78, 5) is 10.4. The van der Waals surface area contributed by atoms with Gasteiger partial charge >= 0.3 is 0 Å². The standard InChI is InChI=1S/C36H20N2S/c1-2-10-21(11-3-1)34-27-15-6-7-18-29(27)37-36(38-34)28-20-22-12-8-16-25-23-13-4-5-14-24(23)26-17-9-19-30-32(26)33(31(22)25)35(28)39-30/h1-20H. The van der Waals surface area contributed by atoms with Crippen molar-refractivity contribution < 1.29 is 0 Å². The van der Waals surface area contributed by atoms with Gasteiger partial charge < -0.3 is 0 Å². The molecule has 0 unspecified atom stereocenters. The van der Waals surface area contributed by atoms with Gasteiger partial charge in [-0.1, -0.05) is 103 Å². The largest absolute Gasteiger partial charge is 0.228 e. The molecule has 8 aromatic rings. The van der Waals surface area contributed by atoms with Crippen LogP contribution in [-0.4, -0.2) is 9.97 Å². The lowest BCUT2D eigenvalue weighted by Gasteiger charge is -2.13. The molecule has 0 atom stereocenters. The highest BCUT2D eigenvalue weighted by molar-refractivity contribution is 7.26. The van der Waals surface area contributed by atoms with Crippen LogP contribution in [0.4, 0.5) is 0 Å². The average molecular weight is 513 g/mol. The summed E-state index contributed by atoms with van der Waals surface area (Å²) in [6.07, 6.45) is 0. The molecule has 0 saturated carbocycles. The molecule has 2 heterocycles. The fourth-order valence-corrected chi connectivity index (χ4v) is 7.60. The number of para-hydroxylation sites is 1. The second-order valence-electron chi connectivity index (χ2n) is 10.1. The van der Waals surface area contributed by atoms with Gasteiger partial charge in [0.25, 0.3) is 0 Å². The van der Waals surface area contributed by atoms with Gasteiger partial charge in [-0.05, 0) is 51.2 Å². The molecule has 180 valence electrons. The third kappa shape index (κ3) is 2.91. The van der Waals surface area contributed by atoms with Crippen LogP contribution in [0, 0.1) is 0 Å². The Morgan fingerprint density at radius 2 is 1.18 bits per heavy atom. The number of aromatic nitrogens is 2. The molecule has 1 aliphatic rings. The molecular weight excluding hydrogens is 492 g/mol. The van der Waals surface area contributed by atoms with Gasteiger partial charge in [-0.2, -0.15) is 0 Å². The van der Waals surface area contributed by atoms with Gasteiger partial charge in [0.2, 0.25) is 0 Å². The summed E-state index contributed by atoms with van der Waals surface area (Å²) in [6, 6.07) is 43.3. The number of hydrogen-bond donors (Lipinski definition) is 0. The lowest BCUT2D eigenvalue weighted by molar-refractivity contribution is 1.24. The number of thiophene rings is 1. The topological polar surface area (TPSA) is 25.8 Å². The van der Waals surface area contributed by atoms with E-state index in [1.807, 2.05) is 17.4 Å². The molecule has 0 fully saturated rings. The monoisotopic (exact) mass is 512 g/mol. The Kier molecular flexibility index (Phi) is 4.24. The van der Waals surface area contributed by atoms with Crippen LogP contribution in [0.2, 0.25) is 0 Å². The Morgan fingerprint density at radius 3 is 2.03 bits per heavy atom. The second kappa shape index (κ2) is 7.83. The maximum atomic E-state index is 5.26. The van der Waals surface area contributed by atoms with Crippen molar-refractivity contribution >= 4 is 53.2 Å². The smallest absolute Gasteiger partial charge is 0.161 e. The third-order valence-corrected chi connectivity index (χ3v) is 9.19. The molecule has 0 spiro atoms. The van der Waals surface area contributed by atoms with E-state index in [0.29, 0.717) is 0 Å². The highest BCUT2D eigenvalue weighted by atomic mass is 32.1.